The van der Waals surface area contributed by atoms with Crippen LogP contribution in [0.4, 0.5) is 5.69 Å². The van der Waals surface area contributed by atoms with Crippen LogP contribution in [0.25, 0.3) is 16.7 Å². The fourth-order valence-corrected chi connectivity index (χ4v) is 4.41. The van der Waals surface area contributed by atoms with Crippen LogP contribution in [-0.2, 0) is 0 Å². The van der Waals surface area contributed by atoms with E-state index in [0.717, 1.165) is 34.7 Å². The number of anilines is 1. The Kier molecular flexibility index (Phi) is 4.06. The molecular weight excluding hydrogens is 334 g/mol. The van der Waals surface area contributed by atoms with Gasteiger partial charge in [0.25, 0.3) is 0 Å². The maximum absolute atomic E-state index is 6.48. The molecule has 140 valence electrons. The minimum absolute atomic E-state index is 0.0570. The molecule has 0 amide bonds. The van der Waals surface area contributed by atoms with Gasteiger partial charge >= 0.3 is 0 Å². The van der Waals surface area contributed by atoms with Gasteiger partial charge in [-0.15, -0.1) is 0 Å². The molecule has 1 atom stereocenters. The molecule has 0 saturated carbocycles. The lowest BCUT2D eigenvalue weighted by molar-refractivity contribution is 0.201. The van der Waals surface area contributed by atoms with Gasteiger partial charge in [-0.3, -0.25) is 0 Å². The molecule has 1 N–H and O–H groups in total. The SMILES string of the molecule is C=C(C)CC1Oc2cccc(OC)c2-c2ccc3c(c21)C(C)=CC(C)(C)N3. The number of fused-ring (bicyclic) bond motifs is 5. The number of nitrogens with one attached hydrogen (secondary N) is 1. The zero-order chi connectivity index (χ0) is 19.3. The van der Waals surface area contributed by atoms with Crippen LogP contribution in [0, 0.1) is 0 Å². The molecule has 0 fully saturated rings. The Morgan fingerprint density at radius 3 is 2.70 bits per heavy atom. The summed E-state index contributed by atoms with van der Waals surface area (Å²) < 4.78 is 12.1. The average molecular weight is 361 g/mol. The molecule has 2 aliphatic heterocycles. The van der Waals surface area contributed by atoms with E-state index in [4.69, 9.17) is 9.47 Å². The first-order valence-electron chi connectivity index (χ1n) is 9.44. The second kappa shape index (κ2) is 6.19. The third-order valence-electron chi connectivity index (χ3n) is 5.28. The van der Waals surface area contributed by atoms with Gasteiger partial charge < -0.3 is 14.8 Å². The van der Waals surface area contributed by atoms with Crippen molar-refractivity contribution in [2.75, 3.05) is 12.4 Å². The number of hydrogen-bond acceptors (Lipinski definition) is 3. The molecule has 3 nitrogen and oxygen atoms in total. The minimum atomic E-state index is -0.0692. The Balaban J connectivity index is 2.01. The van der Waals surface area contributed by atoms with Crippen molar-refractivity contribution in [1.29, 1.82) is 0 Å². The molecule has 2 aromatic rings. The van der Waals surface area contributed by atoms with Crippen LogP contribution in [0.1, 0.15) is 51.3 Å². The van der Waals surface area contributed by atoms with E-state index in [0.29, 0.717) is 0 Å². The summed E-state index contributed by atoms with van der Waals surface area (Å²) in [5, 5.41) is 3.66. The number of rotatable bonds is 3. The van der Waals surface area contributed by atoms with E-state index in [-0.39, 0.29) is 11.6 Å². The van der Waals surface area contributed by atoms with Gasteiger partial charge in [-0.25, -0.2) is 0 Å². The van der Waals surface area contributed by atoms with E-state index in [1.165, 1.54) is 22.3 Å². The number of ether oxygens (including phenoxy) is 2. The van der Waals surface area contributed by atoms with Crippen LogP contribution < -0.4 is 14.8 Å². The molecule has 4 rings (SSSR count). The van der Waals surface area contributed by atoms with E-state index in [1.807, 2.05) is 18.2 Å². The van der Waals surface area contributed by atoms with Crippen molar-refractivity contribution >= 4 is 11.3 Å². The van der Waals surface area contributed by atoms with E-state index >= 15 is 0 Å². The predicted octanol–water partition coefficient (Wildman–Crippen LogP) is 6.37. The molecule has 27 heavy (non-hydrogen) atoms. The van der Waals surface area contributed by atoms with Crippen molar-refractivity contribution in [3.63, 3.8) is 0 Å². The normalized spacial score (nSPS) is 18.9. The highest BCUT2D eigenvalue weighted by molar-refractivity contribution is 5.91. The molecule has 0 radical (unpaired) electrons. The minimum Gasteiger partial charge on any atom is -0.496 e. The van der Waals surface area contributed by atoms with Crippen LogP contribution in [0.5, 0.6) is 11.5 Å². The van der Waals surface area contributed by atoms with Crippen LogP contribution in [-0.4, -0.2) is 12.6 Å². The van der Waals surface area contributed by atoms with Crippen LogP contribution in [0.3, 0.4) is 0 Å². The number of methoxy groups -OCH3 is 1. The maximum Gasteiger partial charge on any atom is 0.131 e. The lowest BCUT2D eigenvalue weighted by Gasteiger charge is -2.37. The third-order valence-corrected chi connectivity index (χ3v) is 5.28. The average Bonchev–Trinajstić information content (AvgIpc) is 2.59. The summed E-state index contributed by atoms with van der Waals surface area (Å²) in [6.07, 6.45) is 3.03. The second-order valence-corrected chi connectivity index (χ2v) is 8.22. The molecule has 2 aliphatic rings. The molecule has 0 aliphatic carbocycles. The molecule has 0 aromatic heterocycles. The standard InChI is InChI=1S/C24H27NO2/c1-14(2)12-20-23-16(22-18(26-6)8-7-9-19(22)27-20)10-11-17-21(23)15(3)13-24(4,5)25-17/h7-11,13,20,25H,1,12H2,2-6H3. The van der Waals surface area contributed by atoms with Gasteiger partial charge in [-0.1, -0.05) is 30.4 Å². The third kappa shape index (κ3) is 2.91. The van der Waals surface area contributed by atoms with E-state index in [2.05, 4.69) is 57.8 Å². The van der Waals surface area contributed by atoms with E-state index < -0.39 is 0 Å². The van der Waals surface area contributed by atoms with Crippen LogP contribution in [0.15, 0.2) is 48.6 Å². The summed E-state index contributed by atoms with van der Waals surface area (Å²) in [4.78, 5) is 0. The Labute approximate surface area is 161 Å². The van der Waals surface area contributed by atoms with Crippen LogP contribution >= 0.6 is 0 Å². The van der Waals surface area contributed by atoms with Crippen molar-refractivity contribution in [3.05, 3.63) is 59.7 Å². The molecule has 0 saturated heterocycles. The Morgan fingerprint density at radius 1 is 1.22 bits per heavy atom. The summed E-state index contributed by atoms with van der Waals surface area (Å²) in [5.41, 5.74) is 8.17. The van der Waals surface area contributed by atoms with Gasteiger partial charge in [-0.05, 0) is 57.0 Å². The van der Waals surface area contributed by atoms with Gasteiger partial charge in [0.1, 0.15) is 17.6 Å². The number of allylic oxidation sites excluding steroid dienone is 1. The fourth-order valence-electron chi connectivity index (χ4n) is 4.41. The quantitative estimate of drug-likeness (QED) is 0.644. The molecule has 2 aromatic carbocycles. The highest BCUT2D eigenvalue weighted by Gasteiger charge is 2.34. The van der Waals surface area contributed by atoms with E-state index in [9.17, 15) is 0 Å². The lowest BCUT2D eigenvalue weighted by atomic mass is 9.80. The zero-order valence-electron chi connectivity index (χ0n) is 16.8. The Bertz CT molecular complexity index is 969. The molecular formula is C24H27NO2. The van der Waals surface area contributed by atoms with Gasteiger partial charge in [0.05, 0.1) is 18.2 Å². The Morgan fingerprint density at radius 2 is 2.00 bits per heavy atom. The topological polar surface area (TPSA) is 30.5 Å². The van der Waals surface area contributed by atoms with Crippen LogP contribution in [0.2, 0.25) is 0 Å². The highest BCUT2D eigenvalue weighted by atomic mass is 16.5. The van der Waals surface area contributed by atoms with Crippen molar-refractivity contribution in [2.24, 2.45) is 0 Å². The number of hydrogen-bond donors (Lipinski definition) is 1. The van der Waals surface area contributed by atoms with Gasteiger partial charge in [0, 0.05) is 23.2 Å². The Hall–Kier alpha value is -2.68. The fraction of sp³-hybridized carbons (Fsp3) is 0.333. The van der Waals surface area contributed by atoms with Gasteiger partial charge in [0.15, 0.2) is 0 Å². The van der Waals surface area contributed by atoms with Crippen molar-refractivity contribution in [3.8, 4) is 22.6 Å². The molecule has 0 bridgehead atoms. The number of benzene rings is 2. The summed E-state index contributed by atoms with van der Waals surface area (Å²) >= 11 is 0. The summed E-state index contributed by atoms with van der Waals surface area (Å²) in [5.74, 6) is 1.71. The van der Waals surface area contributed by atoms with Crippen molar-refractivity contribution in [1.82, 2.24) is 0 Å². The first-order chi connectivity index (χ1) is 12.8. The smallest absolute Gasteiger partial charge is 0.131 e. The summed E-state index contributed by atoms with van der Waals surface area (Å²) in [6, 6.07) is 10.4. The molecule has 0 spiro atoms. The molecule has 2 heterocycles. The lowest BCUT2D eigenvalue weighted by Crippen LogP contribution is -2.32. The predicted molar refractivity (Wildman–Crippen MR) is 113 cm³/mol. The monoisotopic (exact) mass is 361 g/mol. The largest absolute Gasteiger partial charge is 0.496 e. The van der Waals surface area contributed by atoms with Gasteiger partial charge in [-0.2, -0.15) is 0 Å². The second-order valence-electron chi connectivity index (χ2n) is 8.22. The maximum atomic E-state index is 6.48. The molecule has 3 heteroatoms. The van der Waals surface area contributed by atoms with Crippen molar-refractivity contribution < 1.29 is 9.47 Å². The first-order valence-corrected chi connectivity index (χ1v) is 9.44. The summed E-state index contributed by atoms with van der Waals surface area (Å²) in [7, 11) is 1.71. The van der Waals surface area contributed by atoms with Gasteiger partial charge in [0.2, 0.25) is 0 Å². The van der Waals surface area contributed by atoms with E-state index in [1.54, 1.807) is 7.11 Å². The van der Waals surface area contributed by atoms with Crippen molar-refractivity contribution in [2.45, 2.75) is 45.8 Å². The molecule has 1 unspecified atom stereocenters. The summed E-state index contributed by atoms with van der Waals surface area (Å²) in [6.45, 7) is 12.8. The highest BCUT2D eigenvalue weighted by Crippen LogP contribution is 2.52. The zero-order valence-corrected chi connectivity index (χ0v) is 16.8. The first kappa shape index (κ1) is 17.7.